The minimum Gasteiger partial charge on any atom is -0.431 e. The van der Waals surface area contributed by atoms with Gasteiger partial charge in [-0.15, -0.1) is 0 Å². The molecule has 8 nitrogen and oxygen atoms in total. The van der Waals surface area contributed by atoms with Gasteiger partial charge >= 0.3 is 5.63 Å². The van der Waals surface area contributed by atoms with E-state index >= 15 is 0 Å². The first-order valence-electron chi connectivity index (χ1n) is 9.28. The molecular weight excluding hydrogens is 461 g/mol. The van der Waals surface area contributed by atoms with E-state index < -0.39 is 15.8 Å². The molecule has 0 atom stereocenters. The van der Waals surface area contributed by atoms with E-state index in [0.717, 1.165) is 16.5 Å². The van der Waals surface area contributed by atoms with Gasteiger partial charge in [-0.1, -0.05) is 23.5 Å². The summed E-state index contributed by atoms with van der Waals surface area (Å²) in [5.74, 6) is 0.530. The molecule has 1 radical (unpaired) electrons. The van der Waals surface area contributed by atoms with Crippen LogP contribution in [-0.2, 0) is 16.6 Å². The minimum absolute atomic E-state index is 0. The number of thiazole rings is 1. The molecule has 2 N–H and O–H groups in total. The molecular formula is C21H19N3NaO5S2. The Labute approximate surface area is 211 Å². The van der Waals surface area contributed by atoms with Gasteiger partial charge in [-0.05, 0) is 42.3 Å². The number of nitrogens with zero attached hydrogens (tertiary/aromatic N) is 1. The third kappa shape index (κ3) is 5.58. The van der Waals surface area contributed by atoms with Crippen molar-refractivity contribution >= 4 is 67.8 Å². The molecule has 0 fully saturated rings. The van der Waals surface area contributed by atoms with Crippen molar-refractivity contribution < 1.29 is 17.6 Å². The number of hydrogen-bond donors (Lipinski definition) is 2. The summed E-state index contributed by atoms with van der Waals surface area (Å²) < 4.78 is 39.3. The van der Waals surface area contributed by atoms with Crippen LogP contribution in [0.2, 0.25) is 0 Å². The van der Waals surface area contributed by atoms with Gasteiger partial charge in [0.1, 0.15) is 11.3 Å². The Morgan fingerprint density at radius 3 is 2.72 bits per heavy atom. The molecule has 0 spiro atoms. The van der Waals surface area contributed by atoms with Crippen molar-refractivity contribution in [1.29, 1.82) is 0 Å². The maximum atomic E-state index is 12.7. The van der Waals surface area contributed by atoms with Crippen LogP contribution in [0.5, 0.6) is 10.9 Å². The van der Waals surface area contributed by atoms with Crippen LogP contribution in [0.1, 0.15) is 16.7 Å². The Morgan fingerprint density at radius 2 is 2.00 bits per heavy atom. The summed E-state index contributed by atoms with van der Waals surface area (Å²) in [6, 6.07) is 12.2. The molecule has 0 saturated carbocycles. The summed E-state index contributed by atoms with van der Waals surface area (Å²) in [6.45, 7) is 1.86. The van der Waals surface area contributed by atoms with E-state index in [9.17, 15) is 13.2 Å². The molecule has 2 aromatic carbocycles. The third-order valence-corrected chi connectivity index (χ3v) is 6.39. The summed E-state index contributed by atoms with van der Waals surface area (Å²) in [5, 5.41) is 3.11. The van der Waals surface area contributed by atoms with E-state index in [1.54, 1.807) is 36.5 Å². The number of fused-ring (bicyclic) bond motifs is 1. The Hall–Kier alpha value is -2.21. The van der Waals surface area contributed by atoms with Gasteiger partial charge in [0, 0.05) is 71.6 Å². The smallest absolute Gasteiger partial charge is 0.340 e. The number of hydrogen-bond acceptors (Lipinski definition) is 7. The molecule has 2 aromatic heterocycles. The number of anilines is 1. The van der Waals surface area contributed by atoms with Gasteiger partial charge in [0.2, 0.25) is 0 Å². The van der Waals surface area contributed by atoms with E-state index in [0.29, 0.717) is 34.2 Å². The van der Waals surface area contributed by atoms with Crippen LogP contribution in [0.15, 0.2) is 63.3 Å². The number of nitrogens with one attached hydrogen (secondary N) is 2. The summed E-state index contributed by atoms with van der Waals surface area (Å²) in [6.07, 6.45) is 1.95. The average molecular weight is 481 g/mol. The van der Waals surface area contributed by atoms with Crippen LogP contribution >= 0.6 is 11.3 Å². The molecule has 11 heteroatoms. The van der Waals surface area contributed by atoms with Crippen LogP contribution < -0.4 is 19.8 Å². The van der Waals surface area contributed by atoms with E-state index in [2.05, 4.69) is 14.4 Å². The molecule has 161 valence electrons. The number of aromatic nitrogens is 1. The van der Waals surface area contributed by atoms with Gasteiger partial charge in [-0.25, -0.2) is 14.5 Å². The SMILES string of the molecule is CNS(=O)(=O)Nc1cccc(Cc2c(C)c3ccc(Oc4nccs4)cc3oc2=O)c1.[Na]. The van der Waals surface area contributed by atoms with Crippen molar-refractivity contribution in [3.63, 3.8) is 0 Å². The van der Waals surface area contributed by atoms with E-state index in [4.69, 9.17) is 9.15 Å². The van der Waals surface area contributed by atoms with E-state index in [-0.39, 0.29) is 29.6 Å². The fourth-order valence-corrected chi connectivity index (χ4v) is 4.20. The monoisotopic (exact) mass is 480 g/mol. The van der Waals surface area contributed by atoms with Gasteiger partial charge in [0.25, 0.3) is 15.4 Å². The summed E-state index contributed by atoms with van der Waals surface area (Å²) in [5.41, 5.74) is 2.46. The van der Waals surface area contributed by atoms with Crippen molar-refractivity contribution in [2.24, 2.45) is 0 Å². The fourth-order valence-electron chi connectivity index (χ4n) is 3.16. The van der Waals surface area contributed by atoms with Crippen molar-refractivity contribution in [3.05, 3.63) is 81.2 Å². The van der Waals surface area contributed by atoms with Gasteiger partial charge < -0.3 is 9.15 Å². The normalized spacial score (nSPS) is 11.2. The zero-order valence-electron chi connectivity index (χ0n) is 17.7. The number of benzene rings is 2. The van der Waals surface area contributed by atoms with Gasteiger partial charge in [-0.3, -0.25) is 4.72 Å². The Bertz CT molecular complexity index is 1400. The molecule has 0 amide bonds. The maximum Gasteiger partial charge on any atom is 0.340 e. The van der Waals surface area contributed by atoms with Gasteiger partial charge in [-0.2, -0.15) is 8.42 Å². The Balaban J connectivity index is 0.00000289. The van der Waals surface area contributed by atoms with Crippen molar-refractivity contribution in [3.8, 4) is 10.9 Å². The summed E-state index contributed by atoms with van der Waals surface area (Å²) >= 11 is 1.37. The zero-order chi connectivity index (χ0) is 22.0. The van der Waals surface area contributed by atoms with Crippen molar-refractivity contribution in [2.75, 3.05) is 11.8 Å². The molecule has 0 aliphatic heterocycles. The molecule has 0 bridgehead atoms. The third-order valence-electron chi connectivity index (χ3n) is 4.70. The zero-order valence-corrected chi connectivity index (χ0v) is 21.3. The van der Waals surface area contributed by atoms with Crippen LogP contribution in [0.4, 0.5) is 5.69 Å². The van der Waals surface area contributed by atoms with Gasteiger partial charge in [0.15, 0.2) is 0 Å². The van der Waals surface area contributed by atoms with Crippen LogP contribution in [0, 0.1) is 6.92 Å². The summed E-state index contributed by atoms with van der Waals surface area (Å²) in [4.78, 5) is 16.8. The van der Waals surface area contributed by atoms with Crippen LogP contribution in [-0.4, -0.2) is 50.0 Å². The Morgan fingerprint density at radius 1 is 1.19 bits per heavy atom. The molecule has 0 saturated heterocycles. The van der Waals surface area contributed by atoms with Crippen LogP contribution in [0.25, 0.3) is 11.0 Å². The predicted molar refractivity (Wildman–Crippen MR) is 126 cm³/mol. The van der Waals surface area contributed by atoms with E-state index in [1.165, 1.54) is 18.4 Å². The predicted octanol–water partition coefficient (Wildman–Crippen LogP) is 3.44. The fraction of sp³-hybridized carbons (Fsp3) is 0.143. The first kappa shape index (κ1) is 24.4. The van der Waals surface area contributed by atoms with Gasteiger partial charge in [0.05, 0.1) is 5.69 Å². The second kappa shape index (κ2) is 10.2. The van der Waals surface area contributed by atoms with E-state index in [1.807, 2.05) is 24.4 Å². The maximum absolute atomic E-state index is 12.7. The van der Waals surface area contributed by atoms with Crippen LogP contribution in [0.3, 0.4) is 0 Å². The standard InChI is InChI=1S/C21H19N3O5S2.Na/c1-13-17-7-6-16(28-21-23-8-9-30-21)12-19(17)29-20(25)18(13)11-14-4-3-5-15(10-14)24-31(26,27)22-2;/h3-10,12,22,24H,11H2,1-2H3;. The molecule has 0 aliphatic rings. The summed E-state index contributed by atoms with van der Waals surface area (Å²) in [7, 11) is -2.30. The van der Waals surface area contributed by atoms with Crippen molar-refractivity contribution in [1.82, 2.24) is 9.71 Å². The minimum atomic E-state index is -3.63. The molecule has 0 aliphatic carbocycles. The average Bonchev–Trinajstić information content (AvgIpc) is 3.24. The topological polar surface area (TPSA) is 111 Å². The molecule has 4 aromatic rings. The molecule has 2 heterocycles. The number of aryl methyl sites for hydroxylation is 1. The largest absolute Gasteiger partial charge is 0.431 e. The second-order valence-corrected chi connectivity index (χ2v) is 9.21. The second-order valence-electron chi connectivity index (χ2n) is 6.74. The molecule has 0 unspecified atom stereocenters. The first-order valence-corrected chi connectivity index (χ1v) is 11.6. The quantitative estimate of drug-likeness (QED) is 0.310. The first-order chi connectivity index (χ1) is 14.8. The molecule has 4 rings (SSSR count). The number of rotatable bonds is 7. The Kier molecular flexibility index (Phi) is 7.75. The van der Waals surface area contributed by atoms with Crippen molar-refractivity contribution in [2.45, 2.75) is 13.3 Å². The molecule has 32 heavy (non-hydrogen) atoms. The number of ether oxygens (including phenoxy) is 1.